The standard InChI is InChI=1S/C20H21N3O2/c1-14-11-16(4-5-17(14)13-21)20(25)23-9-2-8-22-18-6-3-15(7-10-24)12-19(18)23/h3-6,11-12,15,24H,2,7-10H2,1H3. The van der Waals surface area contributed by atoms with Gasteiger partial charge in [-0.25, -0.2) is 0 Å². The van der Waals surface area contributed by atoms with Gasteiger partial charge < -0.3 is 10.0 Å². The Labute approximate surface area is 147 Å². The summed E-state index contributed by atoms with van der Waals surface area (Å²) in [5.74, 6) is 0.0292. The molecule has 5 nitrogen and oxygen atoms in total. The van der Waals surface area contributed by atoms with E-state index in [1.54, 1.807) is 23.1 Å². The second-order valence-electron chi connectivity index (χ2n) is 6.31. The Kier molecular flexibility index (Phi) is 5.11. The summed E-state index contributed by atoms with van der Waals surface area (Å²) in [6.45, 7) is 3.24. The van der Waals surface area contributed by atoms with E-state index in [0.29, 0.717) is 30.6 Å². The van der Waals surface area contributed by atoms with E-state index in [1.165, 1.54) is 0 Å². The van der Waals surface area contributed by atoms with E-state index >= 15 is 0 Å². The van der Waals surface area contributed by atoms with Gasteiger partial charge in [-0.1, -0.05) is 12.2 Å². The molecule has 0 fully saturated rings. The molecule has 0 radical (unpaired) electrons. The first-order chi connectivity index (χ1) is 12.1. The highest BCUT2D eigenvalue weighted by molar-refractivity contribution is 6.12. The lowest BCUT2D eigenvalue weighted by atomic mass is 9.96. The van der Waals surface area contributed by atoms with Crippen molar-refractivity contribution in [1.29, 1.82) is 5.26 Å². The number of carbonyl (C=O) groups is 1. The second-order valence-corrected chi connectivity index (χ2v) is 6.31. The first-order valence-corrected chi connectivity index (χ1v) is 8.52. The van der Waals surface area contributed by atoms with Gasteiger partial charge in [-0.15, -0.1) is 0 Å². The summed E-state index contributed by atoms with van der Waals surface area (Å²) >= 11 is 0. The van der Waals surface area contributed by atoms with Crippen molar-refractivity contribution in [1.82, 2.24) is 4.90 Å². The number of aryl methyl sites for hydroxylation is 1. The Balaban J connectivity index is 1.94. The molecule has 0 saturated carbocycles. The van der Waals surface area contributed by atoms with Crippen LogP contribution in [0, 0.1) is 24.2 Å². The lowest BCUT2D eigenvalue weighted by molar-refractivity contribution is 0.0814. The second kappa shape index (κ2) is 7.45. The van der Waals surface area contributed by atoms with Crippen molar-refractivity contribution in [3.63, 3.8) is 0 Å². The number of nitrogens with zero attached hydrogens (tertiary/aromatic N) is 3. The first kappa shape index (κ1) is 17.1. The molecule has 1 heterocycles. The Morgan fingerprint density at radius 3 is 3.04 bits per heavy atom. The molecule has 1 aromatic rings. The third kappa shape index (κ3) is 3.54. The summed E-state index contributed by atoms with van der Waals surface area (Å²) < 4.78 is 0. The third-order valence-electron chi connectivity index (χ3n) is 4.55. The molecule has 1 unspecified atom stereocenters. The summed E-state index contributed by atoms with van der Waals surface area (Å²) in [4.78, 5) is 19.4. The van der Waals surface area contributed by atoms with Crippen LogP contribution in [0.2, 0.25) is 0 Å². The van der Waals surface area contributed by atoms with Crippen molar-refractivity contribution in [2.45, 2.75) is 19.8 Å². The molecule has 1 N–H and O–H groups in total. The van der Waals surface area contributed by atoms with Crippen LogP contribution in [0.1, 0.15) is 34.3 Å². The number of carbonyl (C=O) groups excluding carboxylic acids is 1. The van der Waals surface area contributed by atoms with Crippen molar-refractivity contribution in [2.24, 2.45) is 10.9 Å². The molecule has 1 atom stereocenters. The Morgan fingerprint density at radius 1 is 1.48 bits per heavy atom. The van der Waals surface area contributed by atoms with Crippen molar-refractivity contribution in [2.75, 3.05) is 19.7 Å². The molecular formula is C20H21N3O2. The fourth-order valence-corrected chi connectivity index (χ4v) is 3.17. The van der Waals surface area contributed by atoms with Crippen molar-refractivity contribution >= 4 is 11.6 Å². The zero-order valence-electron chi connectivity index (χ0n) is 14.3. The van der Waals surface area contributed by atoms with E-state index < -0.39 is 0 Å². The highest BCUT2D eigenvalue weighted by Crippen LogP contribution is 2.25. The summed E-state index contributed by atoms with van der Waals surface area (Å²) in [6.07, 6.45) is 7.43. The van der Waals surface area contributed by atoms with Gasteiger partial charge in [0.05, 0.1) is 23.0 Å². The number of aliphatic hydroxyl groups excluding tert-OH is 1. The predicted octanol–water partition coefficient (Wildman–Crippen LogP) is 2.61. The lowest BCUT2D eigenvalue weighted by Crippen LogP contribution is -2.34. The number of amides is 1. The molecule has 1 amide bonds. The van der Waals surface area contributed by atoms with Crippen LogP contribution in [0.3, 0.4) is 0 Å². The van der Waals surface area contributed by atoms with E-state index in [0.717, 1.165) is 23.4 Å². The minimum atomic E-state index is -0.0773. The smallest absolute Gasteiger partial charge is 0.258 e. The molecule has 1 aliphatic heterocycles. The molecule has 3 rings (SSSR count). The van der Waals surface area contributed by atoms with Gasteiger partial charge in [-0.3, -0.25) is 9.79 Å². The minimum absolute atomic E-state index is 0.0773. The number of hydrogen-bond acceptors (Lipinski definition) is 4. The van der Waals surface area contributed by atoms with Crippen LogP contribution >= 0.6 is 0 Å². The number of fused-ring (bicyclic) bond motifs is 1. The maximum Gasteiger partial charge on any atom is 0.258 e. The van der Waals surface area contributed by atoms with Gasteiger partial charge in [0.25, 0.3) is 5.91 Å². The van der Waals surface area contributed by atoms with Crippen LogP contribution < -0.4 is 0 Å². The first-order valence-electron chi connectivity index (χ1n) is 8.52. The van der Waals surface area contributed by atoms with Gasteiger partial charge in [0.2, 0.25) is 0 Å². The van der Waals surface area contributed by atoms with Gasteiger partial charge >= 0.3 is 0 Å². The van der Waals surface area contributed by atoms with Gasteiger partial charge in [-0.05, 0) is 55.5 Å². The number of allylic oxidation sites excluding steroid dienone is 3. The third-order valence-corrected chi connectivity index (χ3v) is 4.55. The summed E-state index contributed by atoms with van der Waals surface area (Å²) in [5, 5.41) is 18.3. The predicted molar refractivity (Wildman–Crippen MR) is 96.3 cm³/mol. The van der Waals surface area contributed by atoms with E-state index in [-0.39, 0.29) is 18.4 Å². The Hall–Kier alpha value is -2.71. The fourth-order valence-electron chi connectivity index (χ4n) is 3.17. The minimum Gasteiger partial charge on any atom is -0.396 e. The lowest BCUT2D eigenvalue weighted by Gasteiger charge is -2.27. The zero-order valence-corrected chi connectivity index (χ0v) is 14.3. The average molecular weight is 335 g/mol. The van der Waals surface area contributed by atoms with E-state index in [9.17, 15) is 9.90 Å². The van der Waals surface area contributed by atoms with E-state index in [2.05, 4.69) is 11.1 Å². The summed E-state index contributed by atoms with van der Waals surface area (Å²) in [7, 11) is 0. The van der Waals surface area contributed by atoms with Crippen LogP contribution in [0.4, 0.5) is 0 Å². The summed E-state index contributed by atoms with van der Waals surface area (Å²) in [5.41, 5.74) is 3.60. The van der Waals surface area contributed by atoms with Gasteiger partial charge in [0.1, 0.15) is 0 Å². The number of aliphatic imine (C=N–C) groups is 1. The maximum absolute atomic E-state index is 13.1. The van der Waals surface area contributed by atoms with Gasteiger partial charge in [0, 0.05) is 25.3 Å². The largest absolute Gasteiger partial charge is 0.396 e. The number of aliphatic hydroxyl groups is 1. The number of rotatable bonds is 3. The topological polar surface area (TPSA) is 76.7 Å². The van der Waals surface area contributed by atoms with Crippen LogP contribution in [-0.4, -0.2) is 41.3 Å². The number of hydrogen-bond donors (Lipinski definition) is 1. The molecule has 0 bridgehead atoms. The van der Waals surface area contributed by atoms with E-state index in [4.69, 9.17) is 5.26 Å². The van der Waals surface area contributed by atoms with Crippen molar-refractivity contribution in [3.8, 4) is 6.07 Å². The molecular weight excluding hydrogens is 314 g/mol. The van der Waals surface area contributed by atoms with Crippen LogP contribution in [-0.2, 0) is 0 Å². The SMILES string of the molecule is Cc1cc(C(=O)N2CCCN=C3C=CC(CCO)C=C32)ccc1C#N. The molecule has 25 heavy (non-hydrogen) atoms. The normalized spacial score (nSPS) is 19.4. The molecule has 0 spiro atoms. The monoisotopic (exact) mass is 335 g/mol. The number of benzene rings is 1. The molecule has 5 heteroatoms. The van der Waals surface area contributed by atoms with E-state index in [1.807, 2.05) is 25.2 Å². The van der Waals surface area contributed by atoms with Crippen LogP contribution in [0.25, 0.3) is 0 Å². The number of nitriles is 1. The van der Waals surface area contributed by atoms with Gasteiger partial charge in [-0.2, -0.15) is 5.26 Å². The molecule has 128 valence electrons. The van der Waals surface area contributed by atoms with Crippen molar-refractivity contribution < 1.29 is 9.90 Å². The van der Waals surface area contributed by atoms with Crippen molar-refractivity contribution in [3.05, 3.63) is 58.8 Å². The zero-order chi connectivity index (χ0) is 17.8. The Morgan fingerprint density at radius 2 is 2.32 bits per heavy atom. The molecule has 1 aliphatic carbocycles. The quantitative estimate of drug-likeness (QED) is 0.922. The summed E-state index contributed by atoms with van der Waals surface area (Å²) in [6, 6.07) is 7.30. The molecule has 0 saturated heterocycles. The molecule has 2 aliphatic rings. The highest BCUT2D eigenvalue weighted by Gasteiger charge is 2.26. The fraction of sp³-hybridized carbons (Fsp3) is 0.350. The maximum atomic E-state index is 13.1. The molecule has 1 aromatic carbocycles. The highest BCUT2D eigenvalue weighted by atomic mass is 16.3. The Bertz CT molecular complexity index is 815. The van der Waals surface area contributed by atoms with Crippen LogP contribution in [0.15, 0.2) is 47.1 Å². The van der Waals surface area contributed by atoms with Gasteiger partial charge in [0.15, 0.2) is 0 Å². The molecule has 0 aromatic heterocycles. The average Bonchev–Trinajstić information content (AvgIpc) is 2.83. The van der Waals surface area contributed by atoms with Crippen LogP contribution in [0.5, 0.6) is 0 Å².